The molecule has 0 aliphatic carbocycles. The number of nitrogens with zero attached hydrogens (tertiary/aromatic N) is 1. The fraction of sp³-hybridized carbons (Fsp3) is 1.00. The molecule has 1 aliphatic rings. The predicted octanol–water partition coefficient (Wildman–Crippen LogP) is 0.0543. The number of hydrogen-bond acceptors (Lipinski definition) is 6. The monoisotopic (exact) mass is 263 g/mol. The van der Waals surface area contributed by atoms with Crippen LogP contribution in [0.4, 0.5) is 0 Å². The first-order valence-electron chi connectivity index (χ1n) is 6.49. The Morgan fingerprint density at radius 2 is 1.61 bits per heavy atom. The van der Waals surface area contributed by atoms with Crippen molar-refractivity contribution in [3.63, 3.8) is 0 Å². The van der Waals surface area contributed by atoms with Gasteiger partial charge in [0.05, 0.1) is 39.6 Å². The van der Waals surface area contributed by atoms with Gasteiger partial charge in [0.25, 0.3) is 0 Å². The van der Waals surface area contributed by atoms with E-state index in [1.807, 2.05) is 4.90 Å². The molecule has 0 aromatic carbocycles. The van der Waals surface area contributed by atoms with Crippen molar-refractivity contribution in [2.75, 3.05) is 60.0 Å². The second kappa shape index (κ2) is 10.7. The Balaban J connectivity index is 1.76. The molecule has 18 heavy (non-hydrogen) atoms. The Morgan fingerprint density at radius 3 is 2.17 bits per heavy atom. The van der Waals surface area contributed by atoms with Crippen LogP contribution in [0.5, 0.6) is 0 Å². The molecular formula is C12H25NO5. The van der Waals surface area contributed by atoms with Gasteiger partial charge in [-0.05, 0) is 12.8 Å². The van der Waals surface area contributed by atoms with Crippen LogP contribution in [0.3, 0.4) is 0 Å². The number of rotatable bonds is 11. The van der Waals surface area contributed by atoms with Gasteiger partial charge in [-0.15, -0.1) is 0 Å². The van der Waals surface area contributed by atoms with E-state index in [2.05, 4.69) is 0 Å². The van der Waals surface area contributed by atoms with Crippen LogP contribution < -0.4 is 0 Å². The van der Waals surface area contributed by atoms with Crippen LogP contribution in [0.1, 0.15) is 12.8 Å². The average Bonchev–Trinajstić information content (AvgIpc) is 2.77. The molecule has 0 radical (unpaired) electrons. The van der Waals surface area contributed by atoms with Gasteiger partial charge in [-0.25, -0.2) is 0 Å². The molecule has 1 saturated heterocycles. The van der Waals surface area contributed by atoms with Crippen LogP contribution in [0.2, 0.25) is 0 Å². The molecule has 1 N–H and O–H groups in total. The average molecular weight is 263 g/mol. The van der Waals surface area contributed by atoms with Crippen LogP contribution in [0, 0.1) is 0 Å². The second-order valence-corrected chi connectivity index (χ2v) is 4.19. The molecule has 0 bridgehead atoms. The standard InChI is InChI=1S/C12H25NO5/c1-15-5-6-16-7-8-17-9-10-18-11-13-4-2-3-12(13)14/h12,14H,2-11H2,1H3. The lowest BCUT2D eigenvalue weighted by Gasteiger charge is -2.19. The summed E-state index contributed by atoms with van der Waals surface area (Å²) in [6, 6.07) is 0. The van der Waals surface area contributed by atoms with E-state index in [1.165, 1.54) is 0 Å². The van der Waals surface area contributed by atoms with Crippen LogP contribution in [-0.2, 0) is 18.9 Å². The molecule has 0 aromatic rings. The van der Waals surface area contributed by atoms with E-state index in [1.54, 1.807) is 7.11 Å². The third-order valence-corrected chi connectivity index (χ3v) is 2.76. The summed E-state index contributed by atoms with van der Waals surface area (Å²) in [5, 5.41) is 9.52. The third kappa shape index (κ3) is 7.25. The van der Waals surface area contributed by atoms with Gasteiger partial charge in [0.1, 0.15) is 13.0 Å². The number of aliphatic hydroxyl groups is 1. The fourth-order valence-corrected chi connectivity index (χ4v) is 1.72. The summed E-state index contributed by atoms with van der Waals surface area (Å²) in [6.45, 7) is 4.85. The molecule has 0 spiro atoms. The molecule has 1 heterocycles. The van der Waals surface area contributed by atoms with Crippen LogP contribution in [0.25, 0.3) is 0 Å². The molecule has 1 fully saturated rings. The highest BCUT2D eigenvalue weighted by Gasteiger charge is 2.21. The number of methoxy groups -OCH3 is 1. The van der Waals surface area contributed by atoms with Gasteiger partial charge in [0.15, 0.2) is 0 Å². The SMILES string of the molecule is COCCOCCOCCOCN1CCCC1O. The van der Waals surface area contributed by atoms with Crippen molar-refractivity contribution >= 4 is 0 Å². The maximum absolute atomic E-state index is 9.52. The summed E-state index contributed by atoms with van der Waals surface area (Å²) < 4.78 is 20.8. The quantitative estimate of drug-likeness (QED) is 0.532. The van der Waals surface area contributed by atoms with E-state index in [9.17, 15) is 5.11 Å². The van der Waals surface area contributed by atoms with Gasteiger partial charge < -0.3 is 24.1 Å². The first-order chi connectivity index (χ1) is 8.84. The summed E-state index contributed by atoms with van der Waals surface area (Å²) in [5.74, 6) is 0. The maximum Gasteiger partial charge on any atom is 0.109 e. The minimum atomic E-state index is -0.333. The predicted molar refractivity (Wildman–Crippen MR) is 66.3 cm³/mol. The largest absolute Gasteiger partial charge is 0.382 e. The van der Waals surface area contributed by atoms with Gasteiger partial charge in [-0.2, -0.15) is 0 Å². The van der Waals surface area contributed by atoms with E-state index in [-0.39, 0.29) is 6.23 Å². The topological polar surface area (TPSA) is 60.4 Å². The van der Waals surface area contributed by atoms with E-state index >= 15 is 0 Å². The number of ether oxygens (including phenoxy) is 4. The van der Waals surface area contributed by atoms with E-state index in [0.29, 0.717) is 46.4 Å². The molecule has 0 saturated carbocycles. The van der Waals surface area contributed by atoms with Gasteiger partial charge >= 0.3 is 0 Å². The van der Waals surface area contributed by atoms with Crippen molar-refractivity contribution < 1.29 is 24.1 Å². The maximum atomic E-state index is 9.52. The van der Waals surface area contributed by atoms with E-state index in [4.69, 9.17) is 18.9 Å². The van der Waals surface area contributed by atoms with E-state index < -0.39 is 0 Å². The Kier molecular flexibility index (Phi) is 9.37. The molecule has 1 unspecified atom stereocenters. The molecule has 0 amide bonds. The number of aliphatic hydroxyl groups excluding tert-OH is 1. The lowest BCUT2D eigenvalue weighted by Crippen LogP contribution is -2.31. The Labute approximate surface area is 109 Å². The van der Waals surface area contributed by atoms with Crippen LogP contribution >= 0.6 is 0 Å². The Bertz CT molecular complexity index is 193. The van der Waals surface area contributed by atoms with E-state index in [0.717, 1.165) is 19.4 Å². The molecule has 108 valence electrons. The summed E-state index contributed by atoms with van der Waals surface area (Å²) in [6.07, 6.45) is 1.55. The molecule has 6 heteroatoms. The zero-order chi connectivity index (χ0) is 13.1. The Morgan fingerprint density at radius 1 is 1.00 bits per heavy atom. The second-order valence-electron chi connectivity index (χ2n) is 4.19. The normalized spacial score (nSPS) is 20.7. The highest BCUT2D eigenvalue weighted by molar-refractivity contribution is 4.67. The van der Waals surface area contributed by atoms with Crippen molar-refractivity contribution in [2.45, 2.75) is 19.1 Å². The molecule has 1 aliphatic heterocycles. The minimum Gasteiger partial charge on any atom is -0.382 e. The highest BCUT2D eigenvalue weighted by Crippen LogP contribution is 2.13. The lowest BCUT2D eigenvalue weighted by molar-refractivity contribution is -0.0627. The molecule has 0 aromatic heterocycles. The fourth-order valence-electron chi connectivity index (χ4n) is 1.72. The summed E-state index contributed by atoms with van der Waals surface area (Å²) in [4.78, 5) is 1.92. The van der Waals surface area contributed by atoms with Crippen molar-refractivity contribution in [1.82, 2.24) is 4.90 Å². The minimum absolute atomic E-state index is 0.333. The van der Waals surface area contributed by atoms with Gasteiger partial charge in [-0.1, -0.05) is 0 Å². The first-order valence-corrected chi connectivity index (χ1v) is 6.49. The number of likely N-dealkylation sites (tertiary alicyclic amines) is 1. The van der Waals surface area contributed by atoms with Gasteiger partial charge in [0.2, 0.25) is 0 Å². The van der Waals surface area contributed by atoms with Crippen molar-refractivity contribution in [1.29, 1.82) is 0 Å². The first kappa shape index (κ1) is 15.8. The lowest BCUT2D eigenvalue weighted by atomic mass is 10.4. The van der Waals surface area contributed by atoms with Crippen LogP contribution in [-0.4, -0.2) is 76.3 Å². The molecule has 1 rings (SSSR count). The van der Waals surface area contributed by atoms with Crippen molar-refractivity contribution in [2.24, 2.45) is 0 Å². The summed E-state index contributed by atoms with van der Waals surface area (Å²) in [7, 11) is 1.65. The van der Waals surface area contributed by atoms with Crippen molar-refractivity contribution in [3.8, 4) is 0 Å². The highest BCUT2D eigenvalue weighted by atomic mass is 16.6. The number of hydrogen-bond donors (Lipinski definition) is 1. The third-order valence-electron chi connectivity index (χ3n) is 2.76. The van der Waals surface area contributed by atoms with Gasteiger partial charge in [-0.3, -0.25) is 4.90 Å². The Hall–Kier alpha value is -0.240. The molecule has 6 nitrogen and oxygen atoms in total. The molecular weight excluding hydrogens is 238 g/mol. The van der Waals surface area contributed by atoms with Gasteiger partial charge in [0, 0.05) is 13.7 Å². The molecule has 1 atom stereocenters. The zero-order valence-corrected chi connectivity index (χ0v) is 11.2. The summed E-state index contributed by atoms with van der Waals surface area (Å²) in [5.41, 5.74) is 0. The smallest absolute Gasteiger partial charge is 0.109 e. The van der Waals surface area contributed by atoms with Crippen LogP contribution in [0.15, 0.2) is 0 Å². The van der Waals surface area contributed by atoms with Crippen molar-refractivity contribution in [3.05, 3.63) is 0 Å². The zero-order valence-electron chi connectivity index (χ0n) is 11.2. The summed E-state index contributed by atoms with van der Waals surface area (Å²) >= 11 is 0.